The minimum atomic E-state index is -0.875. The van der Waals surface area contributed by atoms with Gasteiger partial charge in [0.2, 0.25) is 0 Å². The second-order valence-corrected chi connectivity index (χ2v) is 3.01. The van der Waals surface area contributed by atoms with Gasteiger partial charge in [-0.15, -0.1) is 0 Å². The smallest absolute Gasteiger partial charge is 0.257 e. The number of carbonyl (C=O) groups excluding carboxylic acids is 1. The lowest BCUT2D eigenvalue weighted by Gasteiger charge is -2.04. The van der Waals surface area contributed by atoms with Crippen molar-refractivity contribution in [3.8, 4) is 0 Å². The molecule has 0 saturated carbocycles. The molecule has 0 unspecified atom stereocenters. The van der Waals surface area contributed by atoms with Crippen molar-refractivity contribution in [3.05, 3.63) is 47.5 Å². The summed E-state index contributed by atoms with van der Waals surface area (Å²) in [5, 5.41) is 2.35. The van der Waals surface area contributed by atoms with Gasteiger partial charge in [-0.3, -0.25) is 4.79 Å². The molecule has 0 aliphatic carbocycles. The Hall–Kier alpha value is -1.75. The van der Waals surface area contributed by atoms with Crippen LogP contribution in [-0.2, 0) is 0 Å². The van der Waals surface area contributed by atoms with E-state index in [1.165, 1.54) is 6.07 Å². The number of rotatable bonds is 4. The molecule has 0 heterocycles. The molecule has 3 nitrogen and oxygen atoms in total. The van der Waals surface area contributed by atoms with Gasteiger partial charge in [0, 0.05) is 13.1 Å². The van der Waals surface area contributed by atoms with Crippen molar-refractivity contribution in [2.24, 2.45) is 5.73 Å². The van der Waals surface area contributed by atoms with E-state index in [0.29, 0.717) is 6.54 Å². The van der Waals surface area contributed by atoms with Crippen molar-refractivity contribution < 1.29 is 13.6 Å². The molecule has 86 valence electrons. The lowest BCUT2D eigenvalue weighted by molar-refractivity contribution is 0.0949. The minimum absolute atomic E-state index is 0.184. The van der Waals surface area contributed by atoms with E-state index >= 15 is 0 Å². The van der Waals surface area contributed by atoms with Crippen molar-refractivity contribution in [1.29, 1.82) is 0 Å². The van der Waals surface area contributed by atoms with E-state index in [1.54, 1.807) is 12.2 Å². The molecule has 0 atom stereocenters. The maximum absolute atomic E-state index is 13.1. The summed E-state index contributed by atoms with van der Waals surface area (Å²) in [5.74, 6) is -2.53. The number of benzene rings is 1. The molecule has 0 aliphatic rings. The Morgan fingerprint density at radius 3 is 2.50 bits per heavy atom. The Balaban J connectivity index is 2.70. The number of nitrogens with one attached hydrogen (secondary N) is 1. The third kappa shape index (κ3) is 3.13. The van der Waals surface area contributed by atoms with E-state index in [1.807, 2.05) is 0 Å². The van der Waals surface area contributed by atoms with E-state index in [0.717, 1.165) is 12.1 Å². The highest BCUT2D eigenvalue weighted by Gasteiger charge is 2.15. The van der Waals surface area contributed by atoms with Crippen LogP contribution in [0.3, 0.4) is 0 Å². The Morgan fingerprint density at radius 1 is 1.31 bits per heavy atom. The summed E-state index contributed by atoms with van der Waals surface area (Å²) >= 11 is 0. The van der Waals surface area contributed by atoms with Crippen molar-refractivity contribution in [1.82, 2.24) is 5.32 Å². The summed E-state index contributed by atoms with van der Waals surface area (Å²) in [7, 11) is 0. The number of hydrogen-bond donors (Lipinski definition) is 2. The molecule has 0 spiro atoms. The van der Waals surface area contributed by atoms with Gasteiger partial charge in [-0.2, -0.15) is 0 Å². The standard InChI is InChI=1S/C11H12F2N2O/c12-8-4-3-5-9(13)10(8)11(16)15-7-2-1-6-14/h1-5H,6-7,14H2,(H,15,16)/b2-1+. The van der Waals surface area contributed by atoms with Crippen LogP contribution in [0.1, 0.15) is 10.4 Å². The largest absolute Gasteiger partial charge is 0.348 e. The van der Waals surface area contributed by atoms with Crippen molar-refractivity contribution in [2.45, 2.75) is 0 Å². The monoisotopic (exact) mass is 226 g/mol. The van der Waals surface area contributed by atoms with Crippen LogP contribution in [-0.4, -0.2) is 19.0 Å². The van der Waals surface area contributed by atoms with Gasteiger partial charge in [-0.25, -0.2) is 8.78 Å². The lowest BCUT2D eigenvalue weighted by atomic mass is 10.2. The highest BCUT2D eigenvalue weighted by molar-refractivity contribution is 5.94. The Labute approximate surface area is 91.9 Å². The minimum Gasteiger partial charge on any atom is -0.348 e. The fourth-order valence-corrected chi connectivity index (χ4v) is 1.13. The van der Waals surface area contributed by atoms with Crippen LogP contribution in [0.4, 0.5) is 8.78 Å². The average Bonchev–Trinajstić information content (AvgIpc) is 2.24. The topological polar surface area (TPSA) is 55.1 Å². The first-order chi connectivity index (χ1) is 7.66. The van der Waals surface area contributed by atoms with Crippen molar-refractivity contribution in [3.63, 3.8) is 0 Å². The molecule has 0 aliphatic heterocycles. The Kier molecular flexibility index (Phi) is 4.60. The fraction of sp³-hybridized carbons (Fsp3) is 0.182. The number of amides is 1. The molecule has 0 radical (unpaired) electrons. The molecule has 1 rings (SSSR count). The second kappa shape index (κ2) is 5.97. The molecule has 0 aromatic heterocycles. The third-order valence-electron chi connectivity index (χ3n) is 1.87. The Morgan fingerprint density at radius 2 is 1.94 bits per heavy atom. The molecular weight excluding hydrogens is 214 g/mol. The van der Waals surface area contributed by atoms with E-state index in [4.69, 9.17) is 5.73 Å². The van der Waals surface area contributed by atoms with Crippen molar-refractivity contribution in [2.75, 3.05) is 13.1 Å². The highest BCUT2D eigenvalue weighted by Crippen LogP contribution is 2.11. The fourth-order valence-electron chi connectivity index (χ4n) is 1.13. The van der Waals surface area contributed by atoms with E-state index in [9.17, 15) is 13.6 Å². The summed E-state index contributed by atoms with van der Waals surface area (Å²) in [6.07, 6.45) is 3.24. The number of nitrogens with two attached hydrogens (primary N) is 1. The van der Waals surface area contributed by atoms with Gasteiger partial charge in [0.25, 0.3) is 5.91 Å². The molecule has 0 fully saturated rings. The predicted molar refractivity (Wildman–Crippen MR) is 56.9 cm³/mol. The van der Waals surface area contributed by atoms with Crippen LogP contribution < -0.4 is 11.1 Å². The van der Waals surface area contributed by atoms with E-state index < -0.39 is 23.1 Å². The van der Waals surface area contributed by atoms with Gasteiger partial charge < -0.3 is 11.1 Å². The third-order valence-corrected chi connectivity index (χ3v) is 1.87. The summed E-state index contributed by atoms with van der Waals surface area (Å²) in [4.78, 5) is 11.4. The maximum atomic E-state index is 13.1. The van der Waals surface area contributed by atoms with Crippen LogP contribution in [0.5, 0.6) is 0 Å². The zero-order chi connectivity index (χ0) is 12.0. The Bertz CT molecular complexity index is 385. The quantitative estimate of drug-likeness (QED) is 0.758. The average molecular weight is 226 g/mol. The molecule has 16 heavy (non-hydrogen) atoms. The molecule has 3 N–H and O–H groups in total. The molecule has 1 aromatic carbocycles. The van der Waals surface area contributed by atoms with E-state index in [-0.39, 0.29) is 6.54 Å². The molecule has 5 heteroatoms. The highest BCUT2D eigenvalue weighted by atomic mass is 19.1. The lowest BCUT2D eigenvalue weighted by Crippen LogP contribution is -2.25. The summed E-state index contributed by atoms with van der Waals surface area (Å²) < 4.78 is 26.3. The normalized spacial score (nSPS) is 10.7. The van der Waals surface area contributed by atoms with Crippen LogP contribution in [0.2, 0.25) is 0 Å². The van der Waals surface area contributed by atoms with Gasteiger partial charge in [0.1, 0.15) is 17.2 Å². The van der Waals surface area contributed by atoms with Gasteiger partial charge >= 0.3 is 0 Å². The van der Waals surface area contributed by atoms with Crippen LogP contribution in [0, 0.1) is 11.6 Å². The van der Waals surface area contributed by atoms with Crippen LogP contribution in [0.15, 0.2) is 30.4 Å². The van der Waals surface area contributed by atoms with Crippen LogP contribution >= 0.6 is 0 Å². The molecule has 0 bridgehead atoms. The maximum Gasteiger partial charge on any atom is 0.257 e. The zero-order valence-corrected chi connectivity index (χ0v) is 8.54. The van der Waals surface area contributed by atoms with Gasteiger partial charge in [-0.05, 0) is 12.1 Å². The molecule has 1 amide bonds. The number of hydrogen-bond acceptors (Lipinski definition) is 2. The first-order valence-corrected chi connectivity index (χ1v) is 4.74. The zero-order valence-electron chi connectivity index (χ0n) is 8.54. The van der Waals surface area contributed by atoms with Gasteiger partial charge in [-0.1, -0.05) is 18.2 Å². The van der Waals surface area contributed by atoms with Gasteiger partial charge in [0.15, 0.2) is 0 Å². The predicted octanol–water partition coefficient (Wildman–Crippen LogP) is 1.21. The van der Waals surface area contributed by atoms with Crippen LogP contribution in [0.25, 0.3) is 0 Å². The first kappa shape index (κ1) is 12.3. The molecule has 1 aromatic rings. The molecular formula is C11H12F2N2O. The van der Waals surface area contributed by atoms with Gasteiger partial charge in [0.05, 0.1) is 0 Å². The number of carbonyl (C=O) groups is 1. The summed E-state index contributed by atoms with van der Waals surface area (Å²) in [5.41, 5.74) is 4.62. The van der Waals surface area contributed by atoms with E-state index in [2.05, 4.69) is 5.32 Å². The molecule has 0 saturated heterocycles. The summed E-state index contributed by atoms with van der Waals surface area (Å²) in [6.45, 7) is 0.535. The SMILES string of the molecule is NC/C=C/CNC(=O)c1c(F)cccc1F. The first-order valence-electron chi connectivity index (χ1n) is 4.74. The number of halogens is 2. The second-order valence-electron chi connectivity index (χ2n) is 3.01. The van der Waals surface area contributed by atoms with Crippen molar-refractivity contribution >= 4 is 5.91 Å². The summed E-state index contributed by atoms with van der Waals surface area (Å²) in [6, 6.07) is 3.28.